The van der Waals surface area contributed by atoms with E-state index in [2.05, 4.69) is 19.2 Å². The monoisotopic (exact) mass is 262 g/mol. The molecule has 0 amide bonds. The Bertz CT molecular complexity index is 409. The van der Waals surface area contributed by atoms with E-state index in [1.807, 2.05) is 6.07 Å². The van der Waals surface area contributed by atoms with Gasteiger partial charge in [0.25, 0.3) is 0 Å². The standard InChI is InChI=1S/C15H22N2O2/c1-11(2)14(7-8-18)17-10-15(19)13-5-3-12(9-16)4-6-13/h3-6,11,14-15,17-19H,7-8,10H2,1-2H3. The molecule has 0 fully saturated rings. The van der Waals surface area contributed by atoms with Crippen LogP contribution in [0.2, 0.25) is 0 Å². The normalized spacial score (nSPS) is 14.1. The summed E-state index contributed by atoms with van der Waals surface area (Å²) in [5, 5.41) is 31.1. The third-order valence-corrected chi connectivity index (χ3v) is 3.24. The van der Waals surface area contributed by atoms with Crippen LogP contribution in [0, 0.1) is 17.2 Å². The average molecular weight is 262 g/mol. The van der Waals surface area contributed by atoms with Crippen LogP contribution in [0.15, 0.2) is 24.3 Å². The van der Waals surface area contributed by atoms with Gasteiger partial charge in [0.1, 0.15) is 0 Å². The van der Waals surface area contributed by atoms with E-state index in [4.69, 9.17) is 10.4 Å². The molecule has 0 spiro atoms. The predicted molar refractivity (Wildman–Crippen MR) is 74.4 cm³/mol. The van der Waals surface area contributed by atoms with Crippen molar-refractivity contribution in [2.75, 3.05) is 13.2 Å². The summed E-state index contributed by atoms with van der Waals surface area (Å²) in [6, 6.07) is 9.17. The third kappa shape index (κ3) is 4.99. The lowest BCUT2D eigenvalue weighted by Gasteiger charge is -2.23. The summed E-state index contributed by atoms with van der Waals surface area (Å²) < 4.78 is 0. The maximum atomic E-state index is 10.1. The molecule has 0 aliphatic carbocycles. The van der Waals surface area contributed by atoms with Crippen molar-refractivity contribution in [1.29, 1.82) is 5.26 Å². The minimum Gasteiger partial charge on any atom is -0.396 e. The molecule has 4 heteroatoms. The number of rotatable bonds is 7. The molecule has 1 rings (SSSR count). The molecule has 0 heterocycles. The molecule has 0 aliphatic rings. The number of nitrogens with zero attached hydrogens (tertiary/aromatic N) is 1. The van der Waals surface area contributed by atoms with Crippen LogP contribution in [0.4, 0.5) is 0 Å². The summed E-state index contributed by atoms with van der Waals surface area (Å²) in [5.41, 5.74) is 1.38. The van der Waals surface area contributed by atoms with E-state index in [1.54, 1.807) is 24.3 Å². The van der Waals surface area contributed by atoms with E-state index < -0.39 is 6.10 Å². The Hall–Kier alpha value is -1.41. The van der Waals surface area contributed by atoms with Crippen molar-refractivity contribution in [1.82, 2.24) is 5.32 Å². The molecule has 4 nitrogen and oxygen atoms in total. The number of nitrogens with one attached hydrogen (secondary N) is 1. The zero-order chi connectivity index (χ0) is 14.3. The van der Waals surface area contributed by atoms with Crippen molar-refractivity contribution in [3.63, 3.8) is 0 Å². The third-order valence-electron chi connectivity index (χ3n) is 3.24. The van der Waals surface area contributed by atoms with Gasteiger partial charge in [0.2, 0.25) is 0 Å². The predicted octanol–water partition coefficient (Wildman–Crippen LogP) is 1.59. The van der Waals surface area contributed by atoms with Crippen LogP contribution in [0.5, 0.6) is 0 Å². The van der Waals surface area contributed by atoms with E-state index in [9.17, 15) is 5.11 Å². The second-order valence-electron chi connectivity index (χ2n) is 5.02. The van der Waals surface area contributed by atoms with Gasteiger partial charge in [-0.3, -0.25) is 0 Å². The van der Waals surface area contributed by atoms with Gasteiger partial charge >= 0.3 is 0 Å². The Balaban J connectivity index is 2.53. The second-order valence-corrected chi connectivity index (χ2v) is 5.02. The van der Waals surface area contributed by atoms with Crippen LogP contribution < -0.4 is 5.32 Å². The molecule has 19 heavy (non-hydrogen) atoms. The molecule has 2 atom stereocenters. The smallest absolute Gasteiger partial charge is 0.0991 e. The molecular weight excluding hydrogens is 240 g/mol. The lowest BCUT2D eigenvalue weighted by Crippen LogP contribution is -2.37. The first-order chi connectivity index (χ1) is 9.08. The fourth-order valence-electron chi connectivity index (χ4n) is 1.97. The van der Waals surface area contributed by atoms with Crippen molar-refractivity contribution >= 4 is 0 Å². The minimum absolute atomic E-state index is 0.142. The zero-order valence-corrected chi connectivity index (χ0v) is 11.5. The van der Waals surface area contributed by atoms with Gasteiger partial charge in [-0.2, -0.15) is 5.26 Å². The van der Waals surface area contributed by atoms with Crippen molar-refractivity contribution in [3.8, 4) is 6.07 Å². The van der Waals surface area contributed by atoms with Gasteiger partial charge in [0.05, 0.1) is 17.7 Å². The minimum atomic E-state index is -0.604. The van der Waals surface area contributed by atoms with Crippen LogP contribution >= 0.6 is 0 Å². The number of aliphatic hydroxyl groups is 2. The van der Waals surface area contributed by atoms with Crippen LogP contribution in [-0.2, 0) is 0 Å². The molecule has 0 radical (unpaired) electrons. The number of nitriles is 1. The lowest BCUT2D eigenvalue weighted by molar-refractivity contribution is 0.159. The first-order valence-electron chi connectivity index (χ1n) is 6.60. The number of aliphatic hydroxyl groups excluding tert-OH is 2. The van der Waals surface area contributed by atoms with Gasteiger partial charge in [-0.05, 0) is 30.0 Å². The Kier molecular flexibility index (Phi) is 6.51. The average Bonchev–Trinajstić information content (AvgIpc) is 2.42. The molecule has 1 aromatic rings. The Morgan fingerprint density at radius 1 is 1.26 bits per heavy atom. The fourth-order valence-corrected chi connectivity index (χ4v) is 1.97. The van der Waals surface area contributed by atoms with Crippen LogP contribution in [-0.4, -0.2) is 29.4 Å². The molecule has 0 saturated heterocycles. The van der Waals surface area contributed by atoms with Crippen LogP contribution in [0.25, 0.3) is 0 Å². The quantitative estimate of drug-likeness (QED) is 0.697. The first kappa shape index (κ1) is 15.6. The maximum Gasteiger partial charge on any atom is 0.0991 e. The molecule has 104 valence electrons. The highest BCUT2D eigenvalue weighted by Gasteiger charge is 2.14. The molecule has 1 aromatic carbocycles. The van der Waals surface area contributed by atoms with E-state index in [0.29, 0.717) is 24.4 Å². The van der Waals surface area contributed by atoms with Gasteiger partial charge < -0.3 is 15.5 Å². The summed E-state index contributed by atoms with van der Waals surface area (Å²) in [7, 11) is 0. The van der Waals surface area contributed by atoms with Crippen molar-refractivity contribution in [2.24, 2.45) is 5.92 Å². The Labute approximate surface area is 114 Å². The summed E-state index contributed by atoms with van der Waals surface area (Å²) in [4.78, 5) is 0. The van der Waals surface area contributed by atoms with Crippen molar-refractivity contribution in [2.45, 2.75) is 32.4 Å². The molecule has 0 aliphatic heterocycles. The van der Waals surface area contributed by atoms with Gasteiger partial charge in [-0.25, -0.2) is 0 Å². The number of benzene rings is 1. The van der Waals surface area contributed by atoms with Crippen molar-refractivity contribution < 1.29 is 10.2 Å². The summed E-state index contributed by atoms with van der Waals surface area (Å²) in [6.07, 6.45) is 0.0743. The van der Waals surface area contributed by atoms with Gasteiger partial charge in [0.15, 0.2) is 0 Å². The van der Waals surface area contributed by atoms with E-state index >= 15 is 0 Å². The fraction of sp³-hybridized carbons (Fsp3) is 0.533. The number of hydrogen-bond donors (Lipinski definition) is 3. The molecule has 3 N–H and O–H groups in total. The van der Waals surface area contributed by atoms with Crippen LogP contribution in [0.3, 0.4) is 0 Å². The first-order valence-corrected chi connectivity index (χ1v) is 6.60. The molecule has 0 bridgehead atoms. The zero-order valence-electron chi connectivity index (χ0n) is 11.5. The highest BCUT2D eigenvalue weighted by molar-refractivity contribution is 5.32. The second kappa shape index (κ2) is 7.90. The molecule has 0 saturated carbocycles. The van der Waals surface area contributed by atoms with Crippen LogP contribution in [0.1, 0.15) is 37.5 Å². The summed E-state index contributed by atoms with van der Waals surface area (Å²) in [6.45, 7) is 4.75. The highest BCUT2D eigenvalue weighted by atomic mass is 16.3. The molecule has 0 aromatic heterocycles. The number of hydrogen-bond acceptors (Lipinski definition) is 4. The largest absolute Gasteiger partial charge is 0.396 e. The Morgan fingerprint density at radius 2 is 1.89 bits per heavy atom. The van der Waals surface area contributed by atoms with E-state index in [-0.39, 0.29) is 12.6 Å². The summed E-state index contributed by atoms with van der Waals surface area (Å²) >= 11 is 0. The highest BCUT2D eigenvalue weighted by Crippen LogP contribution is 2.14. The topological polar surface area (TPSA) is 76.3 Å². The maximum absolute atomic E-state index is 10.1. The lowest BCUT2D eigenvalue weighted by atomic mass is 10.0. The van der Waals surface area contributed by atoms with Crippen molar-refractivity contribution in [3.05, 3.63) is 35.4 Å². The van der Waals surface area contributed by atoms with E-state index in [1.165, 1.54) is 0 Å². The SMILES string of the molecule is CC(C)C(CCO)NCC(O)c1ccc(C#N)cc1. The van der Waals surface area contributed by atoms with Gasteiger partial charge in [0, 0.05) is 19.2 Å². The van der Waals surface area contributed by atoms with E-state index in [0.717, 1.165) is 5.56 Å². The Morgan fingerprint density at radius 3 is 2.37 bits per heavy atom. The summed E-state index contributed by atoms with van der Waals surface area (Å²) in [5.74, 6) is 0.403. The van der Waals surface area contributed by atoms with Gasteiger partial charge in [-0.1, -0.05) is 26.0 Å². The van der Waals surface area contributed by atoms with Gasteiger partial charge in [-0.15, -0.1) is 0 Å². The molecule has 2 unspecified atom stereocenters. The molecular formula is C15H22N2O2.